The van der Waals surface area contributed by atoms with Crippen LogP contribution in [0.15, 0.2) is 6.07 Å². The van der Waals surface area contributed by atoms with Gasteiger partial charge in [0.25, 0.3) is 0 Å². The minimum Gasteiger partial charge on any atom is -0.379 e. The van der Waals surface area contributed by atoms with E-state index in [0.29, 0.717) is 6.54 Å². The number of ether oxygens (including phenoxy) is 1. The number of nitrogens with two attached hydrogens (primary N) is 1. The van der Waals surface area contributed by atoms with Crippen molar-refractivity contribution >= 4 is 0 Å². The molecular formula is C10H18N4O. The fourth-order valence-corrected chi connectivity index (χ4v) is 1.74. The maximum absolute atomic E-state index is 5.50. The van der Waals surface area contributed by atoms with Crippen LogP contribution in [0.3, 0.4) is 0 Å². The van der Waals surface area contributed by atoms with Crippen molar-refractivity contribution in [2.45, 2.75) is 13.0 Å². The van der Waals surface area contributed by atoms with Gasteiger partial charge in [-0.05, 0) is 6.07 Å². The Morgan fingerprint density at radius 3 is 2.93 bits per heavy atom. The van der Waals surface area contributed by atoms with E-state index in [-0.39, 0.29) is 0 Å². The van der Waals surface area contributed by atoms with E-state index in [9.17, 15) is 0 Å². The van der Waals surface area contributed by atoms with Crippen molar-refractivity contribution in [1.29, 1.82) is 0 Å². The number of rotatable bonds is 4. The van der Waals surface area contributed by atoms with Gasteiger partial charge in [0.1, 0.15) is 0 Å². The molecule has 0 aromatic carbocycles. The van der Waals surface area contributed by atoms with Crippen LogP contribution in [-0.2, 0) is 17.7 Å². The molecule has 5 nitrogen and oxygen atoms in total. The molecule has 0 atom stereocenters. The second-order valence-corrected chi connectivity index (χ2v) is 3.79. The Bertz CT molecular complexity index is 293. The summed E-state index contributed by atoms with van der Waals surface area (Å²) >= 11 is 0. The predicted octanol–water partition coefficient (Wildman–Crippen LogP) is -0.257. The molecule has 0 aliphatic carbocycles. The Hall–Kier alpha value is -0.910. The summed E-state index contributed by atoms with van der Waals surface area (Å²) in [5, 5.41) is 7.13. The van der Waals surface area contributed by atoms with Crippen LogP contribution in [0.4, 0.5) is 0 Å². The van der Waals surface area contributed by atoms with E-state index in [1.54, 1.807) is 0 Å². The fraction of sp³-hybridized carbons (Fsp3) is 0.700. The van der Waals surface area contributed by atoms with Crippen LogP contribution in [0.25, 0.3) is 0 Å². The fourth-order valence-electron chi connectivity index (χ4n) is 1.74. The summed E-state index contributed by atoms with van der Waals surface area (Å²) in [6, 6.07) is 2.04. The number of hydrogen-bond donors (Lipinski definition) is 2. The Morgan fingerprint density at radius 2 is 2.27 bits per heavy atom. The Labute approximate surface area is 89.6 Å². The van der Waals surface area contributed by atoms with Crippen molar-refractivity contribution in [3.05, 3.63) is 17.5 Å². The molecule has 1 aromatic heterocycles. The van der Waals surface area contributed by atoms with Crippen LogP contribution < -0.4 is 5.73 Å². The maximum atomic E-state index is 5.50. The van der Waals surface area contributed by atoms with Gasteiger partial charge in [-0.15, -0.1) is 0 Å². The minimum absolute atomic E-state index is 0.532. The standard InChI is InChI=1S/C10H18N4O/c11-8-10-7-9(12-13-10)1-2-14-3-5-15-6-4-14/h7H,1-6,8,11H2,(H,12,13). The third-order valence-electron chi connectivity index (χ3n) is 2.69. The summed E-state index contributed by atoms with van der Waals surface area (Å²) < 4.78 is 5.29. The van der Waals surface area contributed by atoms with Crippen molar-refractivity contribution in [3.8, 4) is 0 Å². The van der Waals surface area contributed by atoms with Gasteiger partial charge in [-0.3, -0.25) is 10.00 Å². The lowest BCUT2D eigenvalue weighted by Crippen LogP contribution is -2.37. The minimum atomic E-state index is 0.532. The molecule has 0 amide bonds. The lowest BCUT2D eigenvalue weighted by molar-refractivity contribution is 0.0383. The van der Waals surface area contributed by atoms with Gasteiger partial charge < -0.3 is 10.5 Å². The van der Waals surface area contributed by atoms with Crippen LogP contribution in [0.1, 0.15) is 11.4 Å². The molecule has 1 aliphatic heterocycles. The molecule has 84 valence electrons. The molecular weight excluding hydrogens is 192 g/mol. The summed E-state index contributed by atoms with van der Waals surface area (Å²) in [6.07, 6.45) is 0.983. The van der Waals surface area contributed by atoms with E-state index in [1.165, 1.54) is 0 Å². The number of morpholine rings is 1. The third kappa shape index (κ3) is 3.02. The van der Waals surface area contributed by atoms with Crippen LogP contribution >= 0.6 is 0 Å². The Balaban J connectivity index is 1.76. The average molecular weight is 210 g/mol. The molecule has 1 fully saturated rings. The molecule has 2 rings (SSSR count). The van der Waals surface area contributed by atoms with Gasteiger partial charge in [0, 0.05) is 38.3 Å². The highest BCUT2D eigenvalue weighted by Crippen LogP contribution is 2.03. The molecule has 0 bridgehead atoms. The summed E-state index contributed by atoms with van der Waals surface area (Å²) in [5.74, 6) is 0. The topological polar surface area (TPSA) is 67.2 Å². The van der Waals surface area contributed by atoms with Gasteiger partial charge in [-0.25, -0.2) is 0 Å². The van der Waals surface area contributed by atoms with Crippen molar-refractivity contribution in [3.63, 3.8) is 0 Å². The highest BCUT2D eigenvalue weighted by atomic mass is 16.5. The van der Waals surface area contributed by atoms with Gasteiger partial charge in [-0.1, -0.05) is 0 Å². The van der Waals surface area contributed by atoms with E-state index < -0.39 is 0 Å². The number of H-pyrrole nitrogens is 1. The summed E-state index contributed by atoms with van der Waals surface area (Å²) in [6.45, 7) is 5.37. The van der Waals surface area contributed by atoms with Gasteiger partial charge in [-0.2, -0.15) is 5.10 Å². The second-order valence-electron chi connectivity index (χ2n) is 3.79. The van der Waals surface area contributed by atoms with E-state index in [1.807, 2.05) is 6.07 Å². The van der Waals surface area contributed by atoms with E-state index in [4.69, 9.17) is 10.5 Å². The first kappa shape index (κ1) is 10.6. The second kappa shape index (κ2) is 5.25. The lowest BCUT2D eigenvalue weighted by atomic mass is 10.2. The molecule has 0 radical (unpaired) electrons. The molecule has 1 aromatic rings. The summed E-state index contributed by atoms with van der Waals surface area (Å²) in [7, 11) is 0. The van der Waals surface area contributed by atoms with Crippen LogP contribution in [0, 0.1) is 0 Å². The largest absolute Gasteiger partial charge is 0.379 e. The molecule has 0 spiro atoms. The number of nitrogens with one attached hydrogen (secondary N) is 1. The molecule has 1 saturated heterocycles. The first-order valence-corrected chi connectivity index (χ1v) is 5.42. The quantitative estimate of drug-likeness (QED) is 0.718. The highest BCUT2D eigenvalue weighted by Gasteiger charge is 2.10. The molecule has 1 aliphatic rings. The van der Waals surface area contributed by atoms with E-state index in [0.717, 1.165) is 50.7 Å². The zero-order valence-electron chi connectivity index (χ0n) is 8.91. The van der Waals surface area contributed by atoms with Gasteiger partial charge >= 0.3 is 0 Å². The SMILES string of the molecule is NCc1cc(CCN2CCOCC2)n[nH]1. The molecule has 15 heavy (non-hydrogen) atoms. The monoisotopic (exact) mass is 210 g/mol. The normalized spacial score (nSPS) is 18.2. The smallest absolute Gasteiger partial charge is 0.0638 e. The average Bonchev–Trinajstić information content (AvgIpc) is 2.76. The van der Waals surface area contributed by atoms with Gasteiger partial charge in [0.05, 0.1) is 18.9 Å². The predicted molar refractivity (Wildman–Crippen MR) is 57.4 cm³/mol. The van der Waals surface area contributed by atoms with E-state index in [2.05, 4.69) is 15.1 Å². The number of nitrogens with zero attached hydrogens (tertiary/aromatic N) is 2. The highest BCUT2D eigenvalue weighted by molar-refractivity contribution is 5.08. The molecule has 0 unspecified atom stereocenters. The maximum Gasteiger partial charge on any atom is 0.0638 e. The summed E-state index contributed by atoms with van der Waals surface area (Å²) in [5.41, 5.74) is 7.61. The zero-order chi connectivity index (χ0) is 10.5. The van der Waals surface area contributed by atoms with Gasteiger partial charge in [0.15, 0.2) is 0 Å². The van der Waals surface area contributed by atoms with Crippen molar-refractivity contribution < 1.29 is 4.74 Å². The van der Waals surface area contributed by atoms with Gasteiger partial charge in [0.2, 0.25) is 0 Å². The van der Waals surface area contributed by atoms with Crippen molar-refractivity contribution in [1.82, 2.24) is 15.1 Å². The third-order valence-corrected chi connectivity index (χ3v) is 2.69. The number of hydrogen-bond acceptors (Lipinski definition) is 4. The lowest BCUT2D eigenvalue weighted by Gasteiger charge is -2.26. The first-order chi connectivity index (χ1) is 7.38. The Kier molecular flexibility index (Phi) is 3.71. The van der Waals surface area contributed by atoms with Crippen LogP contribution in [0.2, 0.25) is 0 Å². The summed E-state index contributed by atoms with van der Waals surface area (Å²) in [4.78, 5) is 2.40. The molecule has 0 saturated carbocycles. The van der Waals surface area contributed by atoms with Crippen molar-refractivity contribution in [2.24, 2.45) is 5.73 Å². The van der Waals surface area contributed by atoms with E-state index >= 15 is 0 Å². The number of aromatic amines is 1. The van der Waals surface area contributed by atoms with Crippen LogP contribution in [-0.4, -0.2) is 47.9 Å². The Morgan fingerprint density at radius 1 is 1.47 bits per heavy atom. The molecule has 2 heterocycles. The molecule has 3 N–H and O–H groups in total. The van der Waals surface area contributed by atoms with Crippen molar-refractivity contribution in [2.75, 3.05) is 32.8 Å². The zero-order valence-corrected chi connectivity index (χ0v) is 8.91. The van der Waals surface area contributed by atoms with Crippen LogP contribution in [0.5, 0.6) is 0 Å². The first-order valence-electron chi connectivity index (χ1n) is 5.42. The number of aromatic nitrogens is 2. The molecule has 5 heteroatoms.